The van der Waals surface area contributed by atoms with Gasteiger partial charge in [-0.05, 0) is 35.5 Å². The standard InChI is InChI=1S/C18H22N4O2S/c1-13(23)21-8-10-22(11-9-21)18-19-17(24)16(25-18)12-14-4-6-15(7-5-14)20(2)3/h4-7,12H,8-11H2,1-3H3/b16-12+. The highest BCUT2D eigenvalue weighted by molar-refractivity contribution is 8.18. The number of hydrogen-bond donors (Lipinski definition) is 0. The molecule has 2 aliphatic heterocycles. The summed E-state index contributed by atoms with van der Waals surface area (Å²) in [7, 11) is 3.99. The predicted molar refractivity (Wildman–Crippen MR) is 103 cm³/mol. The van der Waals surface area contributed by atoms with Gasteiger partial charge in [0.2, 0.25) is 5.91 Å². The summed E-state index contributed by atoms with van der Waals surface area (Å²) in [6.45, 7) is 4.36. The van der Waals surface area contributed by atoms with Crippen LogP contribution in [-0.4, -0.2) is 67.1 Å². The van der Waals surface area contributed by atoms with Crippen LogP contribution in [0.4, 0.5) is 5.69 Å². The van der Waals surface area contributed by atoms with Crippen molar-refractivity contribution in [3.05, 3.63) is 34.7 Å². The molecule has 132 valence electrons. The van der Waals surface area contributed by atoms with E-state index < -0.39 is 0 Å². The van der Waals surface area contributed by atoms with E-state index in [0.717, 1.165) is 16.4 Å². The maximum absolute atomic E-state index is 12.2. The summed E-state index contributed by atoms with van der Waals surface area (Å²) in [5.41, 5.74) is 2.10. The van der Waals surface area contributed by atoms with Gasteiger partial charge < -0.3 is 14.7 Å². The van der Waals surface area contributed by atoms with Crippen molar-refractivity contribution >= 4 is 40.5 Å². The van der Waals surface area contributed by atoms with Gasteiger partial charge in [0.1, 0.15) is 0 Å². The molecule has 0 saturated carbocycles. The number of aliphatic imine (C=N–C) groups is 1. The molecule has 7 heteroatoms. The quantitative estimate of drug-likeness (QED) is 0.756. The zero-order valence-electron chi connectivity index (χ0n) is 14.7. The first-order valence-electron chi connectivity index (χ1n) is 8.24. The number of amides is 2. The van der Waals surface area contributed by atoms with Crippen molar-refractivity contribution in [3.63, 3.8) is 0 Å². The van der Waals surface area contributed by atoms with Crippen molar-refractivity contribution in [1.29, 1.82) is 0 Å². The molecular weight excluding hydrogens is 336 g/mol. The van der Waals surface area contributed by atoms with Gasteiger partial charge in [0.25, 0.3) is 5.91 Å². The molecule has 6 nitrogen and oxygen atoms in total. The van der Waals surface area contributed by atoms with Gasteiger partial charge in [-0.1, -0.05) is 12.1 Å². The van der Waals surface area contributed by atoms with Crippen LogP contribution in [0.1, 0.15) is 12.5 Å². The number of nitrogens with zero attached hydrogens (tertiary/aromatic N) is 4. The van der Waals surface area contributed by atoms with Crippen molar-refractivity contribution in [2.45, 2.75) is 6.92 Å². The largest absolute Gasteiger partial charge is 0.378 e. The van der Waals surface area contributed by atoms with E-state index in [1.165, 1.54) is 11.8 Å². The molecule has 1 fully saturated rings. The van der Waals surface area contributed by atoms with Gasteiger partial charge in [0, 0.05) is 52.9 Å². The van der Waals surface area contributed by atoms with Crippen LogP contribution < -0.4 is 4.90 Å². The molecule has 2 amide bonds. The first kappa shape index (κ1) is 17.5. The van der Waals surface area contributed by atoms with Crippen molar-refractivity contribution in [3.8, 4) is 0 Å². The smallest absolute Gasteiger partial charge is 0.286 e. The zero-order chi connectivity index (χ0) is 18.0. The lowest BCUT2D eigenvalue weighted by atomic mass is 10.2. The van der Waals surface area contributed by atoms with Gasteiger partial charge in [-0.25, -0.2) is 0 Å². The molecule has 3 rings (SSSR count). The molecule has 0 N–H and O–H groups in total. The fraction of sp³-hybridized carbons (Fsp3) is 0.389. The van der Waals surface area contributed by atoms with Gasteiger partial charge in [0.05, 0.1) is 4.91 Å². The molecule has 1 aromatic rings. The van der Waals surface area contributed by atoms with E-state index in [0.29, 0.717) is 31.1 Å². The molecule has 0 radical (unpaired) electrons. The van der Waals surface area contributed by atoms with Crippen LogP contribution in [0, 0.1) is 0 Å². The Kier molecular flexibility index (Phi) is 5.13. The van der Waals surface area contributed by atoms with E-state index in [1.54, 1.807) is 6.92 Å². The van der Waals surface area contributed by atoms with Crippen molar-refractivity contribution in [1.82, 2.24) is 9.80 Å². The molecule has 0 atom stereocenters. The van der Waals surface area contributed by atoms with E-state index in [4.69, 9.17) is 0 Å². The summed E-state index contributed by atoms with van der Waals surface area (Å²) < 4.78 is 0. The van der Waals surface area contributed by atoms with Crippen molar-refractivity contribution in [2.24, 2.45) is 4.99 Å². The summed E-state index contributed by atoms with van der Waals surface area (Å²) in [5, 5.41) is 0.740. The number of amidine groups is 1. The molecule has 1 saturated heterocycles. The molecule has 0 spiro atoms. The number of rotatable bonds is 2. The highest BCUT2D eigenvalue weighted by Crippen LogP contribution is 2.31. The Labute approximate surface area is 152 Å². The highest BCUT2D eigenvalue weighted by atomic mass is 32.2. The molecule has 0 aromatic heterocycles. The van der Waals surface area contributed by atoms with Crippen LogP contribution in [0.15, 0.2) is 34.2 Å². The number of carbonyl (C=O) groups excluding carboxylic acids is 2. The maximum Gasteiger partial charge on any atom is 0.286 e. The van der Waals surface area contributed by atoms with Crippen LogP contribution >= 0.6 is 11.8 Å². The van der Waals surface area contributed by atoms with Gasteiger partial charge in [-0.3, -0.25) is 9.59 Å². The Morgan fingerprint density at radius 2 is 1.80 bits per heavy atom. The third-order valence-electron chi connectivity index (χ3n) is 4.31. The fourth-order valence-electron chi connectivity index (χ4n) is 2.77. The molecule has 2 heterocycles. The molecule has 0 bridgehead atoms. The van der Waals surface area contributed by atoms with Crippen LogP contribution in [0.3, 0.4) is 0 Å². The second-order valence-corrected chi connectivity index (χ2v) is 7.30. The molecule has 2 aliphatic rings. The van der Waals surface area contributed by atoms with Crippen molar-refractivity contribution in [2.75, 3.05) is 45.2 Å². The lowest BCUT2D eigenvalue weighted by Crippen LogP contribution is -2.49. The monoisotopic (exact) mass is 358 g/mol. The summed E-state index contributed by atoms with van der Waals surface area (Å²) in [6.07, 6.45) is 1.88. The third-order valence-corrected chi connectivity index (χ3v) is 5.36. The lowest BCUT2D eigenvalue weighted by Gasteiger charge is -2.34. The average molecular weight is 358 g/mol. The molecular formula is C18H22N4O2S. The predicted octanol–water partition coefficient (Wildman–Crippen LogP) is 1.89. The number of thioether (sulfide) groups is 1. The van der Waals surface area contributed by atoms with E-state index >= 15 is 0 Å². The number of anilines is 1. The Morgan fingerprint density at radius 3 is 2.36 bits per heavy atom. The number of carbonyl (C=O) groups is 2. The molecule has 1 aromatic carbocycles. The summed E-state index contributed by atoms with van der Waals surface area (Å²) in [5.74, 6) is -0.0934. The number of piperazine rings is 1. The first-order valence-corrected chi connectivity index (χ1v) is 9.06. The Balaban J connectivity index is 1.65. The maximum atomic E-state index is 12.2. The normalized spacial score (nSPS) is 19.4. The van der Waals surface area contributed by atoms with E-state index in [2.05, 4.69) is 9.89 Å². The SMILES string of the molecule is CC(=O)N1CCN(C2=NC(=O)/C(=C\c3ccc(N(C)C)cc3)S2)CC1. The van der Waals surface area contributed by atoms with Gasteiger partial charge in [0.15, 0.2) is 5.17 Å². The first-order chi connectivity index (χ1) is 11.9. The average Bonchev–Trinajstić information content (AvgIpc) is 2.96. The Hall–Kier alpha value is -2.28. The Morgan fingerprint density at radius 1 is 1.16 bits per heavy atom. The van der Waals surface area contributed by atoms with Gasteiger partial charge in [-0.15, -0.1) is 0 Å². The Bertz CT molecular complexity index is 732. The van der Waals surface area contributed by atoms with Crippen LogP contribution in [-0.2, 0) is 9.59 Å². The third kappa shape index (κ3) is 4.04. The zero-order valence-corrected chi connectivity index (χ0v) is 15.5. The van der Waals surface area contributed by atoms with E-state index in [-0.39, 0.29) is 11.8 Å². The molecule has 25 heavy (non-hydrogen) atoms. The summed E-state index contributed by atoms with van der Waals surface area (Å²) in [6, 6.07) is 8.05. The highest BCUT2D eigenvalue weighted by Gasteiger charge is 2.28. The van der Waals surface area contributed by atoms with E-state index in [1.807, 2.05) is 54.2 Å². The summed E-state index contributed by atoms with van der Waals surface area (Å²) in [4.78, 5) is 34.4. The number of benzene rings is 1. The van der Waals surface area contributed by atoms with Gasteiger partial charge >= 0.3 is 0 Å². The number of hydrogen-bond acceptors (Lipinski definition) is 5. The minimum atomic E-state index is -0.189. The lowest BCUT2D eigenvalue weighted by molar-refractivity contribution is -0.130. The van der Waals surface area contributed by atoms with E-state index in [9.17, 15) is 9.59 Å². The topological polar surface area (TPSA) is 56.2 Å². The summed E-state index contributed by atoms with van der Waals surface area (Å²) >= 11 is 1.41. The molecule has 0 unspecified atom stereocenters. The van der Waals surface area contributed by atoms with Crippen LogP contribution in [0.25, 0.3) is 6.08 Å². The fourth-order valence-corrected chi connectivity index (χ4v) is 3.73. The van der Waals surface area contributed by atoms with Crippen LogP contribution in [0.2, 0.25) is 0 Å². The second kappa shape index (κ2) is 7.31. The van der Waals surface area contributed by atoms with Crippen molar-refractivity contribution < 1.29 is 9.59 Å². The molecule has 0 aliphatic carbocycles. The second-order valence-electron chi connectivity index (χ2n) is 6.29. The minimum absolute atomic E-state index is 0.0958. The van der Waals surface area contributed by atoms with Crippen LogP contribution in [0.5, 0.6) is 0 Å². The minimum Gasteiger partial charge on any atom is -0.378 e. The van der Waals surface area contributed by atoms with Gasteiger partial charge in [-0.2, -0.15) is 4.99 Å².